The summed E-state index contributed by atoms with van der Waals surface area (Å²) in [5.41, 5.74) is 11.2. The molecule has 0 spiro atoms. The SMILES string of the molecule is CCO[Si](CCC[N+](CC)=C1C=CC(=C(c2ccc(N(CC)CC)cc2)c2ccc(N(CC)CC)cc2)c2ccccc21)(OCC)OCC.[I-]. The highest BCUT2D eigenvalue weighted by atomic mass is 127. The van der Waals surface area contributed by atoms with Gasteiger partial charge < -0.3 is 47.1 Å². The molecule has 0 fully saturated rings. The average Bonchev–Trinajstić information content (AvgIpc) is 3.13. The van der Waals surface area contributed by atoms with Crippen LogP contribution in [0.5, 0.6) is 0 Å². The molecule has 0 radical (unpaired) electrons. The average molecular weight is 810 g/mol. The molecule has 0 bridgehead atoms. The van der Waals surface area contributed by atoms with Crippen molar-refractivity contribution in [3.05, 3.63) is 107 Å². The van der Waals surface area contributed by atoms with Crippen molar-refractivity contribution >= 4 is 37.0 Å². The third-order valence-electron chi connectivity index (χ3n) is 9.47. The van der Waals surface area contributed by atoms with Gasteiger partial charge in [0.15, 0.2) is 0 Å². The highest BCUT2D eigenvalue weighted by Gasteiger charge is 2.40. The Labute approximate surface area is 321 Å². The maximum Gasteiger partial charge on any atom is 0.501 e. The Morgan fingerprint density at radius 1 is 0.600 bits per heavy atom. The first-order chi connectivity index (χ1) is 23.9. The van der Waals surface area contributed by atoms with Gasteiger partial charge in [-0.1, -0.05) is 42.5 Å². The second-order valence-corrected chi connectivity index (χ2v) is 14.9. The number of rotatable bonds is 19. The van der Waals surface area contributed by atoms with E-state index < -0.39 is 8.80 Å². The number of benzene rings is 3. The van der Waals surface area contributed by atoms with Gasteiger partial charge >= 0.3 is 8.80 Å². The Kier molecular flexibility index (Phi) is 17.4. The summed E-state index contributed by atoms with van der Waals surface area (Å²) in [6.07, 6.45) is 5.60. The zero-order valence-corrected chi connectivity index (χ0v) is 35.0. The molecule has 0 heterocycles. The molecule has 0 atom stereocenters. The summed E-state index contributed by atoms with van der Waals surface area (Å²) in [5, 5.41) is 0. The minimum atomic E-state index is -2.70. The summed E-state index contributed by atoms with van der Waals surface area (Å²) in [6, 6.07) is 28.0. The Hall–Kier alpha value is -2.76. The summed E-state index contributed by atoms with van der Waals surface area (Å²) < 4.78 is 21.0. The van der Waals surface area contributed by atoms with Crippen molar-refractivity contribution in [1.82, 2.24) is 0 Å². The van der Waals surface area contributed by atoms with Crippen LogP contribution >= 0.6 is 0 Å². The number of hydrogen-bond acceptors (Lipinski definition) is 5. The minimum Gasteiger partial charge on any atom is -1.00 e. The van der Waals surface area contributed by atoms with Crippen molar-refractivity contribution in [2.75, 3.05) is 68.9 Å². The van der Waals surface area contributed by atoms with E-state index in [1.54, 1.807) is 0 Å². The Morgan fingerprint density at radius 2 is 1.06 bits per heavy atom. The number of fused-ring (bicyclic) bond motifs is 1. The molecule has 4 rings (SSSR count). The lowest BCUT2D eigenvalue weighted by Crippen LogP contribution is -3.00. The van der Waals surface area contributed by atoms with Crippen LogP contribution in [0.15, 0.2) is 84.9 Å². The monoisotopic (exact) mass is 809 g/mol. The van der Waals surface area contributed by atoms with Crippen LogP contribution in [-0.2, 0) is 13.3 Å². The van der Waals surface area contributed by atoms with E-state index in [2.05, 4.69) is 134 Å². The van der Waals surface area contributed by atoms with E-state index in [0.717, 1.165) is 51.7 Å². The smallest absolute Gasteiger partial charge is 0.501 e. The predicted molar refractivity (Wildman–Crippen MR) is 211 cm³/mol. The van der Waals surface area contributed by atoms with Gasteiger partial charge in [0, 0.05) is 75.9 Å². The highest BCUT2D eigenvalue weighted by Crippen LogP contribution is 2.38. The third-order valence-corrected chi connectivity index (χ3v) is 12.6. The predicted octanol–water partition coefficient (Wildman–Crippen LogP) is 6.17. The van der Waals surface area contributed by atoms with Crippen LogP contribution in [0, 0.1) is 0 Å². The molecule has 0 N–H and O–H groups in total. The maximum absolute atomic E-state index is 6.16. The van der Waals surface area contributed by atoms with Crippen molar-refractivity contribution in [2.45, 2.75) is 67.9 Å². The largest absolute Gasteiger partial charge is 1.00 e. The van der Waals surface area contributed by atoms with Gasteiger partial charge in [-0.3, -0.25) is 0 Å². The molecular weight excluding hydrogens is 749 g/mol. The molecule has 1 aliphatic rings. The molecule has 0 aromatic heterocycles. The fourth-order valence-electron chi connectivity index (χ4n) is 7.05. The van der Waals surface area contributed by atoms with E-state index in [0.29, 0.717) is 19.8 Å². The van der Waals surface area contributed by atoms with Crippen LogP contribution in [0.25, 0.3) is 11.1 Å². The van der Waals surface area contributed by atoms with Crippen molar-refractivity contribution in [3.63, 3.8) is 0 Å². The Balaban J connectivity index is 0.00000676. The normalized spacial score (nSPS) is 13.5. The molecule has 3 aromatic rings. The van der Waals surface area contributed by atoms with Crippen LogP contribution in [0.1, 0.15) is 84.1 Å². The summed E-state index contributed by atoms with van der Waals surface area (Å²) in [5.74, 6) is 0. The van der Waals surface area contributed by atoms with Crippen molar-refractivity contribution < 1.29 is 41.8 Å². The van der Waals surface area contributed by atoms with Crippen LogP contribution in [0.2, 0.25) is 6.04 Å². The molecule has 0 amide bonds. The van der Waals surface area contributed by atoms with Gasteiger partial charge in [0.05, 0.1) is 5.56 Å². The number of allylic oxidation sites excluding steroid dienone is 3. The maximum atomic E-state index is 6.16. The summed E-state index contributed by atoms with van der Waals surface area (Å²) in [7, 11) is -2.70. The topological polar surface area (TPSA) is 37.2 Å². The van der Waals surface area contributed by atoms with Crippen molar-refractivity contribution in [3.8, 4) is 0 Å². The van der Waals surface area contributed by atoms with Crippen LogP contribution < -0.4 is 33.8 Å². The molecule has 0 saturated carbocycles. The molecule has 3 aromatic carbocycles. The second-order valence-electron chi connectivity index (χ2n) is 12.2. The molecule has 1 aliphatic carbocycles. The highest BCUT2D eigenvalue weighted by molar-refractivity contribution is 6.60. The molecule has 8 heteroatoms. The van der Waals surface area contributed by atoms with Gasteiger partial charge in [0.2, 0.25) is 5.71 Å². The van der Waals surface area contributed by atoms with Crippen molar-refractivity contribution in [1.29, 1.82) is 0 Å². The first-order valence-corrected chi connectivity index (χ1v) is 20.6. The minimum absolute atomic E-state index is 0. The molecule has 0 aliphatic heterocycles. The number of hydrogen-bond donors (Lipinski definition) is 0. The number of halogens is 1. The summed E-state index contributed by atoms with van der Waals surface area (Å²) in [4.78, 5) is 4.80. The third kappa shape index (κ3) is 9.97. The zero-order chi connectivity index (χ0) is 35.2. The Bertz CT molecular complexity index is 1490. The van der Waals surface area contributed by atoms with E-state index in [9.17, 15) is 0 Å². The molecule has 0 saturated heterocycles. The molecule has 6 nitrogen and oxygen atoms in total. The standard InChI is InChI=1S/C42H60N3O3Si.HI/c1-9-43(10-2)36-26-22-34(23-27-36)42(35-24-28-37(29-25-35)44(11-3)12-4)40-30-31-41(39-21-18-17-20-38(39)40)45(13-5)32-19-33-49(46-14-6,47-15-7)48-16-8;/h17-18,20-31H,9-16,19,32-33H2,1-8H3;1H/q+1;/p-1. The second kappa shape index (κ2) is 20.9. The zero-order valence-electron chi connectivity index (χ0n) is 31.8. The lowest BCUT2D eigenvalue weighted by atomic mass is 9.83. The molecule has 272 valence electrons. The first-order valence-electron chi connectivity index (χ1n) is 18.7. The van der Waals surface area contributed by atoms with Gasteiger partial charge in [0.1, 0.15) is 13.1 Å². The first kappa shape index (κ1) is 41.7. The van der Waals surface area contributed by atoms with E-state index in [-0.39, 0.29) is 24.0 Å². The summed E-state index contributed by atoms with van der Waals surface area (Å²) >= 11 is 0. The fraction of sp³-hybridized carbons (Fsp3) is 0.452. The molecular formula is C42H60IN3O3Si. The van der Waals surface area contributed by atoms with E-state index in [1.807, 2.05) is 20.8 Å². The van der Waals surface area contributed by atoms with Crippen LogP contribution in [0.4, 0.5) is 11.4 Å². The Morgan fingerprint density at radius 3 is 1.48 bits per heavy atom. The van der Waals surface area contributed by atoms with Gasteiger partial charge in [-0.05, 0) is 120 Å². The van der Waals surface area contributed by atoms with Crippen molar-refractivity contribution in [2.24, 2.45) is 0 Å². The number of nitrogens with zero attached hydrogens (tertiary/aromatic N) is 3. The quantitative estimate of drug-likeness (QED) is 0.0824. The summed E-state index contributed by atoms with van der Waals surface area (Å²) in [6.45, 7) is 24.8. The van der Waals surface area contributed by atoms with Crippen LogP contribution in [-0.4, -0.2) is 78.2 Å². The molecule has 0 unspecified atom stereocenters. The number of anilines is 2. The lowest BCUT2D eigenvalue weighted by Gasteiger charge is -2.28. The van der Waals surface area contributed by atoms with Gasteiger partial charge in [-0.2, -0.15) is 0 Å². The van der Waals surface area contributed by atoms with Gasteiger partial charge in [-0.25, -0.2) is 4.58 Å². The van der Waals surface area contributed by atoms with E-state index >= 15 is 0 Å². The fourth-order valence-corrected chi connectivity index (χ4v) is 9.64. The van der Waals surface area contributed by atoms with Gasteiger partial charge in [-0.15, -0.1) is 0 Å². The van der Waals surface area contributed by atoms with Gasteiger partial charge in [0.25, 0.3) is 0 Å². The van der Waals surface area contributed by atoms with Crippen LogP contribution in [0.3, 0.4) is 0 Å². The van der Waals surface area contributed by atoms with E-state index in [4.69, 9.17) is 13.3 Å². The van der Waals surface area contributed by atoms with E-state index in [1.165, 1.54) is 50.5 Å². The lowest BCUT2D eigenvalue weighted by molar-refractivity contribution is -0.523. The molecule has 50 heavy (non-hydrogen) atoms.